The predicted octanol–water partition coefficient (Wildman–Crippen LogP) is 3.67. The first-order valence-corrected chi connectivity index (χ1v) is 6.99. The molecular weight excluding hydrogens is 304 g/mol. The molecule has 0 heterocycles. The Bertz CT molecular complexity index is 704. The number of methoxy groups -OCH3 is 2. The molecule has 122 valence electrons. The van der Waals surface area contributed by atoms with Crippen molar-refractivity contribution in [3.63, 3.8) is 0 Å². The first kappa shape index (κ1) is 16.7. The van der Waals surface area contributed by atoms with E-state index in [4.69, 9.17) is 9.47 Å². The van der Waals surface area contributed by atoms with Gasteiger partial charge in [-0.05, 0) is 30.3 Å². The molecule has 6 heteroatoms. The van der Waals surface area contributed by atoms with Gasteiger partial charge < -0.3 is 14.8 Å². The number of rotatable bonds is 7. The Balaban J connectivity index is 1.97. The van der Waals surface area contributed by atoms with Crippen LogP contribution in [0.2, 0.25) is 0 Å². The van der Waals surface area contributed by atoms with Crippen LogP contribution in [-0.2, 0) is 0 Å². The first-order chi connectivity index (χ1) is 11.0. The zero-order chi connectivity index (χ0) is 16.8. The molecule has 0 aliphatic carbocycles. The number of carbonyl (C=O) groups excluding carboxylic acids is 1. The van der Waals surface area contributed by atoms with Gasteiger partial charge in [0.1, 0.15) is 11.6 Å². The molecule has 0 radical (unpaired) electrons. The maximum atomic E-state index is 13.5. The van der Waals surface area contributed by atoms with Crippen molar-refractivity contribution in [2.24, 2.45) is 0 Å². The molecule has 0 aromatic heterocycles. The summed E-state index contributed by atoms with van der Waals surface area (Å²) >= 11 is 0. The molecule has 0 saturated carbocycles. The summed E-state index contributed by atoms with van der Waals surface area (Å²) in [6, 6.07) is 8.13. The van der Waals surface area contributed by atoms with Gasteiger partial charge in [0.15, 0.2) is 17.3 Å². The number of ketones is 1. The quantitative estimate of drug-likeness (QED) is 0.791. The highest BCUT2D eigenvalue weighted by atomic mass is 19.1. The molecule has 0 bridgehead atoms. The lowest BCUT2D eigenvalue weighted by Crippen LogP contribution is -2.10. The normalized spacial score (nSPS) is 10.3. The maximum Gasteiger partial charge on any atom is 0.164 e. The fourth-order valence-corrected chi connectivity index (χ4v) is 2.10. The van der Waals surface area contributed by atoms with Gasteiger partial charge in [0.2, 0.25) is 0 Å². The second-order valence-corrected chi connectivity index (χ2v) is 4.79. The van der Waals surface area contributed by atoms with E-state index in [1.807, 2.05) is 0 Å². The zero-order valence-electron chi connectivity index (χ0n) is 12.9. The van der Waals surface area contributed by atoms with Gasteiger partial charge in [0, 0.05) is 24.6 Å². The van der Waals surface area contributed by atoms with Crippen molar-refractivity contribution in [3.8, 4) is 11.5 Å². The van der Waals surface area contributed by atoms with E-state index in [2.05, 4.69) is 5.32 Å². The highest BCUT2D eigenvalue weighted by Crippen LogP contribution is 2.28. The number of hydrogen-bond acceptors (Lipinski definition) is 4. The third kappa shape index (κ3) is 4.18. The summed E-state index contributed by atoms with van der Waals surface area (Å²) in [7, 11) is 3.01. The monoisotopic (exact) mass is 321 g/mol. The molecule has 4 nitrogen and oxygen atoms in total. The molecule has 0 fully saturated rings. The standard InChI is InChI=1S/C17H17F2NO3/c1-22-16-6-3-11(9-17(16)23-2)15(21)7-8-20-14-5-4-12(18)10-13(14)19/h3-6,9-10,20H,7-8H2,1-2H3. The largest absolute Gasteiger partial charge is 0.493 e. The van der Waals surface area contributed by atoms with Crippen LogP contribution in [-0.4, -0.2) is 26.5 Å². The molecule has 0 atom stereocenters. The maximum absolute atomic E-state index is 13.5. The van der Waals surface area contributed by atoms with Gasteiger partial charge >= 0.3 is 0 Å². The molecule has 0 aliphatic rings. The number of benzene rings is 2. The number of carbonyl (C=O) groups is 1. The van der Waals surface area contributed by atoms with Gasteiger partial charge in [-0.3, -0.25) is 4.79 Å². The van der Waals surface area contributed by atoms with Crippen LogP contribution in [0, 0.1) is 11.6 Å². The van der Waals surface area contributed by atoms with Crippen LogP contribution < -0.4 is 14.8 Å². The van der Waals surface area contributed by atoms with Crippen molar-refractivity contribution < 1.29 is 23.0 Å². The van der Waals surface area contributed by atoms with Gasteiger partial charge in [-0.25, -0.2) is 8.78 Å². The number of hydrogen-bond donors (Lipinski definition) is 1. The Labute approximate surface area is 133 Å². The summed E-state index contributed by atoms with van der Waals surface area (Å²) in [6.07, 6.45) is 0.159. The highest BCUT2D eigenvalue weighted by molar-refractivity contribution is 5.97. The van der Waals surface area contributed by atoms with Crippen LogP contribution in [0.1, 0.15) is 16.8 Å². The minimum absolute atomic E-state index is 0.124. The second-order valence-electron chi connectivity index (χ2n) is 4.79. The summed E-state index contributed by atoms with van der Waals surface area (Å²) in [6.45, 7) is 0.232. The average molecular weight is 321 g/mol. The Kier molecular flexibility index (Phi) is 5.51. The molecule has 0 amide bonds. The smallest absolute Gasteiger partial charge is 0.164 e. The Morgan fingerprint density at radius 1 is 1.04 bits per heavy atom. The van der Waals surface area contributed by atoms with Crippen molar-refractivity contribution in [1.82, 2.24) is 0 Å². The summed E-state index contributed by atoms with van der Waals surface area (Å²) in [5.41, 5.74) is 0.635. The molecule has 2 aromatic rings. The van der Waals surface area contributed by atoms with Crippen LogP contribution in [0.3, 0.4) is 0 Å². The predicted molar refractivity (Wildman–Crippen MR) is 83.3 cm³/mol. The Morgan fingerprint density at radius 3 is 2.43 bits per heavy atom. The Morgan fingerprint density at radius 2 is 1.78 bits per heavy atom. The lowest BCUT2D eigenvalue weighted by Gasteiger charge is -2.10. The van der Waals surface area contributed by atoms with E-state index in [0.29, 0.717) is 17.1 Å². The molecule has 2 aromatic carbocycles. The van der Waals surface area contributed by atoms with Crippen molar-refractivity contribution in [3.05, 3.63) is 53.6 Å². The van der Waals surface area contributed by atoms with Crippen LogP contribution in [0.5, 0.6) is 11.5 Å². The molecule has 1 N–H and O–H groups in total. The lowest BCUT2D eigenvalue weighted by atomic mass is 10.1. The van der Waals surface area contributed by atoms with E-state index in [1.54, 1.807) is 18.2 Å². The van der Waals surface area contributed by atoms with Crippen molar-refractivity contribution in [1.29, 1.82) is 0 Å². The van der Waals surface area contributed by atoms with Gasteiger partial charge in [-0.15, -0.1) is 0 Å². The van der Waals surface area contributed by atoms with Crippen LogP contribution in [0.15, 0.2) is 36.4 Å². The van der Waals surface area contributed by atoms with Gasteiger partial charge in [0.05, 0.1) is 19.9 Å². The van der Waals surface area contributed by atoms with Gasteiger partial charge in [-0.2, -0.15) is 0 Å². The lowest BCUT2D eigenvalue weighted by molar-refractivity contribution is 0.0986. The van der Waals surface area contributed by atoms with E-state index in [0.717, 1.165) is 12.1 Å². The number of halogens is 2. The topological polar surface area (TPSA) is 47.6 Å². The molecule has 23 heavy (non-hydrogen) atoms. The van der Waals surface area contributed by atoms with Crippen LogP contribution in [0.25, 0.3) is 0 Å². The van der Waals surface area contributed by atoms with Crippen LogP contribution >= 0.6 is 0 Å². The molecule has 0 spiro atoms. The minimum Gasteiger partial charge on any atom is -0.493 e. The molecule has 0 aliphatic heterocycles. The zero-order valence-corrected chi connectivity index (χ0v) is 12.9. The highest BCUT2D eigenvalue weighted by Gasteiger charge is 2.11. The van der Waals surface area contributed by atoms with Crippen LogP contribution in [0.4, 0.5) is 14.5 Å². The summed E-state index contributed by atoms with van der Waals surface area (Å²) in [5.74, 6) is -0.453. The molecule has 0 unspecified atom stereocenters. The van der Waals surface area contributed by atoms with Crippen molar-refractivity contribution in [2.75, 3.05) is 26.1 Å². The average Bonchev–Trinajstić information content (AvgIpc) is 2.56. The molecule has 2 rings (SSSR count). The van der Waals surface area contributed by atoms with Gasteiger partial charge in [0.25, 0.3) is 0 Å². The summed E-state index contributed by atoms with van der Waals surface area (Å²) < 4.78 is 36.5. The van der Waals surface area contributed by atoms with E-state index in [-0.39, 0.29) is 24.4 Å². The molecule has 0 saturated heterocycles. The SMILES string of the molecule is COc1ccc(C(=O)CCNc2ccc(F)cc2F)cc1OC. The third-order valence-corrected chi connectivity index (χ3v) is 3.30. The third-order valence-electron chi connectivity index (χ3n) is 3.30. The summed E-state index contributed by atoms with van der Waals surface area (Å²) in [5, 5.41) is 2.77. The van der Waals surface area contributed by atoms with Crippen molar-refractivity contribution in [2.45, 2.75) is 6.42 Å². The fourth-order valence-electron chi connectivity index (χ4n) is 2.10. The number of anilines is 1. The van der Waals surface area contributed by atoms with E-state index in [1.165, 1.54) is 20.3 Å². The number of nitrogens with one attached hydrogen (secondary N) is 1. The van der Waals surface area contributed by atoms with E-state index >= 15 is 0 Å². The summed E-state index contributed by atoms with van der Waals surface area (Å²) in [4.78, 5) is 12.2. The molecular formula is C17H17F2NO3. The Hall–Kier alpha value is -2.63. The number of Topliss-reactive ketones (excluding diaryl/α,β-unsaturated/α-hetero) is 1. The minimum atomic E-state index is -0.691. The van der Waals surface area contributed by atoms with E-state index < -0.39 is 11.6 Å². The van der Waals surface area contributed by atoms with E-state index in [9.17, 15) is 13.6 Å². The fraction of sp³-hybridized carbons (Fsp3) is 0.235. The first-order valence-electron chi connectivity index (χ1n) is 6.99. The van der Waals surface area contributed by atoms with Gasteiger partial charge in [-0.1, -0.05) is 0 Å². The number of ether oxygens (including phenoxy) is 2. The van der Waals surface area contributed by atoms with Crippen molar-refractivity contribution >= 4 is 11.5 Å². The second kappa shape index (κ2) is 7.58.